The third kappa shape index (κ3) is 2.55. The number of nitrogens with zero attached hydrogens (tertiary/aromatic N) is 4. The van der Waals surface area contributed by atoms with Crippen LogP contribution in [0, 0.1) is 6.92 Å². The zero-order valence-electron chi connectivity index (χ0n) is 15.7. The van der Waals surface area contributed by atoms with E-state index in [4.69, 9.17) is 4.98 Å². The monoisotopic (exact) mass is 410 g/mol. The number of hydrogen-bond acceptors (Lipinski definition) is 6. The number of aromatic nitrogens is 4. The highest BCUT2D eigenvalue weighted by Gasteiger charge is 2.31. The van der Waals surface area contributed by atoms with Crippen LogP contribution >= 0.6 is 23.1 Å². The van der Waals surface area contributed by atoms with Gasteiger partial charge in [-0.3, -0.25) is 9.59 Å². The maximum absolute atomic E-state index is 13.4. The fourth-order valence-corrected chi connectivity index (χ4v) is 5.99. The lowest BCUT2D eigenvalue weighted by Crippen LogP contribution is -2.32. The molecule has 0 saturated carbocycles. The van der Waals surface area contributed by atoms with E-state index in [1.54, 1.807) is 18.3 Å². The molecular formula is C20H18N4O2S2. The second-order valence-electron chi connectivity index (χ2n) is 7.60. The Hall–Kier alpha value is -2.45. The summed E-state index contributed by atoms with van der Waals surface area (Å²) in [7, 11) is 0. The van der Waals surface area contributed by atoms with E-state index in [1.807, 2.05) is 42.1 Å². The van der Waals surface area contributed by atoms with E-state index in [1.165, 1.54) is 14.0 Å². The molecule has 0 bridgehead atoms. The van der Waals surface area contributed by atoms with Crippen molar-refractivity contribution in [3.05, 3.63) is 67.2 Å². The van der Waals surface area contributed by atoms with Gasteiger partial charge in [-0.1, -0.05) is 32.0 Å². The summed E-state index contributed by atoms with van der Waals surface area (Å²) in [5, 5.41) is 4.93. The van der Waals surface area contributed by atoms with Crippen LogP contribution in [0.5, 0.6) is 0 Å². The number of thioether (sulfide) groups is 1. The molecule has 28 heavy (non-hydrogen) atoms. The summed E-state index contributed by atoms with van der Waals surface area (Å²) in [6.45, 7) is 6.03. The number of fused-ring (bicyclic) bond motifs is 4. The van der Waals surface area contributed by atoms with Crippen LogP contribution in [0.1, 0.15) is 30.0 Å². The van der Waals surface area contributed by atoms with Crippen LogP contribution in [-0.4, -0.2) is 23.9 Å². The van der Waals surface area contributed by atoms with Crippen molar-refractivity contribution in [1.29, 1.82) is 0 Å². The van der Waals surface area contributed by atoms with Crippen molar-refractivity contribution in [2.24, 2.45) is 0 Å². The molecule has 1 aliphatic rings. The van der Waals surface area contributed by atoms with Crippen molar-refractivity contribution in [1.82, 2.24) is 19.2 Å². The normalized spacial score (nSPS) is 15.8. The molecule has 4 heterocycles. The average Bonchev–Trinajstić information content (AvgIpc) is 3.01. The molecule has 6 nitrogen and oxygen atoms in total. The number of para-hydroxylation sites is 1. The van der Waals surface area contributed by atoms with Crippen molar-refractivity contribution in [2.45, 2.75) is 37.7 Å². The summed E-state index contributed by atoms with van der Waals surface area (Å²) in [6, 6.07) is 9.25. The van der Waals surface area contributed by atoms with Crippen molar-refractivity contribution >= 4 is 39.1 Å². The van der Waals surface area contributed by atoms with E-state index in [-0.39, 0.29) is 27.3 Å². The summed E-state index contributed by atoms with van der Waals surface area (Å²) in [5.41, 5.74) is 1.55. The van der Waals surface area contributed by atoms with Gasteiger partial charge in [0.2, 0.25) is 5.78 Å². The van der Waals surface area contributed by atoms with Crippen molar-refractivity contribution < 1.29 is 0 Å². The van der Waals surface area contributed by atoms with Gasteiger partial charge in [0, 0.05) is 15.4 Å². The first-order valence-electron chi connectivity index (χ1n) is 9.02. The highest BCUT2D eigenvalue weighted by molar-refractivity contribution is 8.00. The Bertz CT molecular complexity index is 1370. The van der Waals surface area contributed by atoms with Crippen LogP contribution in [0.15, 0.2) is 39.9 Å². The molecule has 3 aromatic heterocycles. The summed E-state index contributed by atoms with van der Waals surface area (Å²) in [4.78, 5) is 32.9. The van der Waals surface area contributed by atoms with E-state index in [9.17, 15) is 9.59 Å². The van der Waals surface area contributed by atoms with E-state index in [2.05, 4.69) is 18.9 Å². The Labute approximate surface area is 168 Å². The smallest absolute Gasteiger partial charge is 0.267 e. The summed E-state index contributed by atoms with van der Waals surface area (Å²) in [6.07, 6.45) is 0.827. The molecule has 1 aliphatic heterocycles. The molecule has 0 spiro atoms. The lowest BCUT2D eigenvalue weighted by molar-refractivity contribution is 0.698. The molecule has 0 aliphatic carbocycles. The van der Waals surface area contributed by atoms with Crippen LogP contribution in [0.3, 0.4) is 0 Å². The van der Waals surface area contributed by atoms with E-state index < -0.39 is 0 Å². The van der Waals surface area contributed by atoms with Crippen LogP contribution in [0.4, 0.5) is 0 Å². The largest absolute Gasteiger partial charge is 0.284 e. The zero-order chi connectivity index (χ0) is 19.6. The molecule has 0 fully saturated rings. The highest BCUT2D eigenvalue weighted by Crippen LogP contribution is 2.43. The second kappa shape index (κ2) is 6.02. The lowest BCUT2D eigenvalue weighted by atomic mass is 10.00. The quantitative estimate of drug-likeness (QED) is 0.481. The maximum atomic E-state index is 13.4. The predicted molar refractivity (Wildman–Crippen MR) is 114 cm³/mol. The Kier molecular flexibility index (Phi) is 3.79. The number of rotatable bonds is 1. The van der Waals surface area contributed by atoms with Gasteiger partial charge in [0.1, 0.15) is 10.5 Å². The third-order valence-electron chi connectivity index (χ3n) is 5.04. The van der Waals surface area contributed by atoms with Gasteiger partial charge in [-0.25, -0.2) is 9.55 Å². The zero-order valence-corrected chi connectivity index (χ0v) is 17.4. The number of hydrogen-bond donors (Lipinski definition) is 0. The van der Waals surface area contributed by atoms with Crippen molar-refractivity contribution in [2.75, 3.05) is 0 Å². The van der Waals surface area contributed by atoms with Crippen LogP contribution in [-0.2, 0) is 12.2 Å². The Morgan fingerprint density at radius 3 is 2.61 bits per heavy atom. The maximum Gasteiger partial charge on any atom is 0.284 e. The van der Waals surface area contributed by atoms with Crippen LogP contribution in [0.2, 0.25) is 0 Å². The molecule has 0 radical (unpaired) electrons. The summed E-state index contributed by atoms with van der Waals surface area (Å²) < 4.78 is 2.84. The third-order valence-corrected chi connectivity index (χ3v) is 7.71. The summed E-state index contributed by atoms with van der Waals surface area (Å²) in [5.74, 6) is 1.13. The minimum atomic E-state index is -0.268. The Morgan fingerprint density at radius 2 is 1.86 bits per heavy atom. The first kappa shape index (κ1) is 17.6. The number of thiophene rings is 1. The van der Waals surface area contributed by atoms with E-state index in [0.717, 1.165) is 17.7 Å². The standard InChI is InChI=1S/C20H18N4O2S2/c1-11-17(25)23(12-7-5-4-6-8-12)19-21-16-15(18(26)24(19)22-11)13-9-20(2,3)27-10-14(13)28-16/h4-8H,9-10H2,1-3H3. The molecule has 0 N–H and O–H groups in total. The average molecular weight is 411 g/mol. The molecule has 1 aromatic carbocycles. The first-order chi connectivity index (χ1) is 13.4. The molecule has 4 aromatic rings. The van der Waals surface area contributed by atoms with Crippen molar-refractivity contribution in [3.63, 3.8) is 0 Å². The minimum Gasteiger partial charge on any atom is -0.267 e. The van der Waals surface area contributed by atoms with Crippen molar-refractivity contribution in [3.8, 4) is 5.69 Å². The molecule has 0 amide bonds. The highest BCUT2D eigenvalue weighted by atomic mass is 32.2. The molecule has 0 saturated heterocycles. The molecular weight excluding hydrogens is 392 g/mol. The fraction of sp³-hybridized carbons (Fsp3) is 0.300. The summed E-state index contributed by atoms with van der Waals surface area (Å²) >= 11 is 3.45. The van der Waals surface area contributed by atoms with Gasteiger partial charge >= 0.3 is 0 Å². The van der Waals surface area contributed by atoms with Gasteiger partial charge in [-0.2, -0.15) is 9.61 Å². The number of benzene rings is 1. The van der Waals surface area contributed by atoms with E-state index >= 15 is 0 Å². The van der Waals surface area contributed by atoms with Gasteiger partial charge < -0.3 is 0 Å². The first-order valence-corrected chi connectivity index (χ1v) is 10.8. The van der Waals surface area contributed by atoms with Gasteiger partial charge in [-0.05, 0) is 31.0 Å². The van der Waals surface area contributed by atoms with Crippen LogP contribution in [0.25, 0.3) is 21.7 Å². The van der Waals surface area contributed by atoms with Gasteiger partial charge in [0.25, 0.3) is 11.1 Å². The number of aryl methyl sites for hydroxylation is 1. The molecule has 5 rings (SSSR count). The predicted octanol–water partition coefficient (Wildman–Crippen LogP) is 3.33. The second-order valence-corrected chi connectivity index (χ2v) is 10.4. The van der Waals surface area contributed by atoms with Gasteiger partial charge in [0.05, 0.1) is 11.1 Å². The van der Waals surface area contributed by atoms with Crippen LogP contribution < -0.4 is 11.1 Å². The van der Waals surface area contributed by atoms with E-state index in [0.29, 0.717) is 15.9 Å². The minimum absolute atomic E-state index is 0.0826. The Morgan fingerprint density at radius 1 is 1.11 bits per heavy atom. The fourth-order valence-electron chi connectivity index (χ4n) is 3.66. The Balaban J connectivity index is 1.92. The van der Waals surface area contributed by atoms with Gasteiger partial charge in [-0.15, -0.1) is 23.1 Å². The SMILES string of the molecule is Cc1nn2c(=O)c3c4c(sc3nc2n(-c2ccccc2)c1=O)CSC(C)(C)C4. The molecule has 142 valence electrons. The lowest BCUT2D eigenvalue weighted by Gasteiger charge is -2.28. The van der Waals surface area contributed by atoms with Gasteiger partial charge in [0.15, 0.2) is 0 Å². The molecule has 0 atom stereocenters. The molecule has 0 unspecified atom stereocenters. The molecule has 8 heteroatoms. The topological polar surface area (TPSA) is 69.3 Å².